The van der Waals surface area contributed by atoms with Crippen LogP contribution in [0.3, 0.4) is 0 Å². The normalized spacial score (nSPS) is 12.0. The van der Waals surface area contributed by atoms with Crippen molar-refractivity contribution >= 4 is 65.4 Å². The quantitative estimate of drug-likeness (QED) is 0.102. The summed E-state index contributed by atoms with van der Waals surface area (Å²) in [5.74, 6) is 0.818. The van der Waals surface area contributed by atoms with Gasteiger partial charge in [0.2, 0.25) is 0 Å². The number of hydrogen-bond donors (Lipinski definition) is 0. The molecule has 0 aliphatic rings. The zero-order valence-corrected chi connectivity index (χ0v) is 37.5. The van der Waals surface area contributed by atoms with E-state index in [1.807, 2.05) is 30.5 Å². The molecule has 0 saturated carbocycles. The zero-order chi connectivity index (χ0) is 42.7. The number of aromatic nitrogens is 1. The van der Waals surface area contributed by atoms with Crippen LogP contribution in [0.2, 0.25) is 19.6 Å². The average molecular weight is 801 g/mol. The summed E-state index contributed by atoms with van der Waals surface area (Å²) < 4.78 is 0. The van der Waals surface area contributed by atoms with Gasteiger partial charge in [0.25, 0.3) is 0 Å². The first-order valence-electron chi connectivity index (χ1n) is 20.8. The molecule has 1 aromatic heterocycles. The van der Waals surface area contributed by atoms with Crippen molar-refractivity contribution in [2.24, 2.45) is 0 Å². The Hall–Kier alpha value is -6.48. The van der Waals surface area contributed by atoms with Gasteiger partial charge in [-0.15, -0.1) is 0 Å². The first-order valence-corrected chi connectivity index (χ1v) is 24.3. The molecule has 0 aliphatic heterocycles. The molecule has 0 fully saturated rings. The predicted octanol–water partition coefficient (Wildman–Crippen LogP) is 15.5. The average Bonchev–Trinajstić information content (AvgIpc) is 3.24. The van der Waals surface area contributed by atoms with Gasteiger partial charge < -0.3 is 4.90 Å². The van der Waals surface area contributed by atoms with E-state index in [2.05, 4.69) is 221 Å². The molecule has 0 bridgehead atoms. The first kappa shape index (κ1) is 41.7. The third-order valence-electron chi connectivity index (χ3n) is 11.0. The lowest BCUT2D eigenvalue weighted by atomic mass is 9.86. The number of anilines is 6. The second-order valence-electron chi connectivity index (χ2n) is 18.6. The molecule has 7 aromatic rings. The van der Waals surface area contributed by atoms with Crippen LogP contribution in [0.4, 0.5) is 39.9 Å². The maximum Gasteiger partial charge on any atom is 0.187 e. The summed E-state index contributed by atoms with van der Waals surface area (Å²) in [6.45, 7) is 28.0. The van der Waals surface area contributed by atoms with Gasteiger partial charge in [0, 0.05) is 34.6 Å². The molecule has 0 saturated heterocycles. The highest BCUT2D eigenvalue weighted by Crippen LogP contribution is 2.38. The van der Waals surface area contributed by atoms with Gasteiger partial charge in [-0.3, -0.25) is 4.90 Å². The van der Waals surface area contributed by atoms with Gasteiger partial charge in [0.05, 0.1) is 14.6 Å². The van der Waals surface area contributed by atoms with Crippen LogP contribution in [0.1, 0.15) is 63.8 Å². The second kappa shape index (κ2) is 17.0. The Morgan fingerprint density at radius 3 is 1.27 bits per heavy atom. The van der Waals surface area contributed by atoms with E-state index in [0.717, 1.165) is 45.4 Å². The molecule has 0 atom stereocenters. The Morgan fingerprint density at radius 2 is 0.850 bits per heavy atom. The lowest BCUT2D eigenvalue weighted by Crippen LogP contribution is -2.37. The van der Waals surface area contributed by atoms with Crippen molar-refractivity contribution in [2.45, 2.75) is 72.0 Å². The lowest BCUT2D eigenvalue weighted by Gasteiger charge is -2.28. The summed E-state index contributed by atoms with van der Waals surface area (Å²) in [4.78, 5) is 13.0. The van der Waals surface area contributed by atoms with E-state index in [0.29, 0.717) is 5.69 Å². The molecule has 0 N–H and O–H groups in total. The second-order valence-corrected chi connectivity index (χ2v) is 23.7. The van der Waals surface area contributed by atoms with E-state index in [9.17, 15) is 0 Å². The lowest BCUT2D eigenvalue weighted by molar-refractivity contribution is 0.590. The smallest absolute Gasteiger partial charge is 0.187 e. The molecular weight excluding hydrogens is 745 g/mol. The number of pyridine rings is 1. The van der Waals surface area contributed by atoms with Crippen LogP contribution in [0.5, 0.6) is 0 Å². The van der Waals surface area contributed by atoms with E-state index >= 15 is 0 Å². The molecule has 0 unspecified atom stereocenters. The monoisotopic (exact) mass is 800 g/mol. The standard InChI is InChI=1S/C55H56N4Si/c1-54(2,3)44-20-28-48(29-21-44)58(49-30-22-45(23-31-49)55(4,5)6)47-26-18-43(19-27-47)42-16-13-40(14-17-42)11-12-41-15-38-53(57-39-41)59(50-32-24-46(56-7)25-33-50)51-34-36-52(37-35-51)60(8,9)10/h11-39H,1-6,8-10H3/b12-11+. The molecule has 1 heterocycles. The van der Waals surface area contributed by atoms with Gasteiger partial charge >= 0.3 is 0 Å². The molecule has 5 heteroatoms. The van der Waals surface area contributed by atoms with Crippen LogP contribution in [0, 0.1) is 6.57 Å². The fourth-order valence-electron chi connectivity index (χ4n) is 7.28. The molecule has 0 aliphatic carbocycles. The number of hydrogen-bond acceptors (Lipinski definition) is 3. The molecular formula is C55H56N4Si. The summed E-state index contributed by atoms with van der Waals surface area (Å²) in [5.41, 5.74) is 13.3. The minimum Gasteiger partial charge on any atom is -0.311 e. The fraction of sp³-hybridized carbons (Fsp3) is 0.200. The van der Waals surface area contributed by atoms with Crippen molar-refractivity contribution in [3.8, 4) is 11.1 Å². The van der Waals surface area contributed by atoms with Crippen LogP contribution in [-0.4, -0.2) is 13.1 Å². The molecule has 0 spiro atoms. The van der Waals surface area contributed by atoms with E-state index in [1.54, 1.807) is 0 Å². The SMILES string of the molecule is [C-]#[N+]c1ccc(N(c2ccc([Si](C)(C)C)cc2)c2ccc(/C=C/c3ccc(-c4ccc(N(c5ccc(C(C)(C)C)cc5)c5ccc(C(C)(C)C)cc5)cc4)cc3)cn2)cc1. The molecule has 6 aromatic carbocycles. The van der Waals surface area contributed by atoms with E-state index in [4.69, 9.17) is 11.6 Å². The molecule has 4 nitrogen and oxygen atoms in total. The molecule has 60 heavy (non-hydrogen) atoms. The van der Waals surface area contributed by atoms with Gasteiger partial charge in [-0.2, -0.15) is 0 Å². The van der Waals surface area contributed by atoms with Crippen molar-refractivity contribution < 1.29 is 0 Å². The van der Waals surface area contributed by atoms with Crippen LogP contribution in [0.15, 0.2) is 164 Å². The van der Waals surface area contributed by atoms with Crippen molar-refractivity contribution in [3.05, 3.63) is 198 Å². The highest BCUT2D eigenvalue weighted by Gasteiger charge is 2.20. The van der Waals surface area contributed by atoms with Gasteiger partial charge in [0.15, 0.2) is 5.69 Å². The van der Waals surface area contributed by atoms with Crippen LogP contribution in [0.25, 0.3) is 28.1 Å². The maximum absolute atomic E-state index is 7.41. The summed E-state index contributed by atoms with van der Waals surface area (Å²) in [6.07, 6.45) is 6.15. The van der Waals surface area contributed by atoms with E-state index in [-0.39, 0.29) is 10.8 Å². The zero-order valence-electron chi connectivity index (χ0n) is 36.5. The van der Waals surface area contributed by atoms with Crippen LogP contribution in [-0.2, 0) is 10.8 Å². The van der Waals surface area contributed by atoms with Gasteiger partial charge in [-0.25, -0.2) is 9.83 Å². The van der Waals surface area contributed by atoms with Crippen molar-refractivity contribution in [3.63, 3.8) is 0 Å². The van der Waals surface area contributed by atoms with Crippen LogP contribution >= 0.6 is 0 Å². The minimum absolute atomic E-state index is 0.0897. The predicted molar refractivity (Wildman–Crippen MR) is 261 cm³/mol. The summed E-state index contributed by atoms with van der Waals surface area (Å²) in [6, 6.07) is 56.3. The Labute approximate surface area is 359 Å². The Morgan fingerprint density at radius 1 is 0.467 bits per heavy atom. The van der Waals surface area contributed by atoms with Gasteiger partial charge in [-0.1, -0.05) is 163 Å². The van der Waals surface area contributed by atoms with Crippen molar-refractivity contribution in [2.75, 3.05) is 9.80 Å². The number of rotatable bonds is 10. The Balaban J connectivity index is 1.09. The molecule has 300 valence electrons. The third-order valence-corrected chi connectivity index (χ3v) is 13.1. The highest BCUT2D eigenvalue weighted by atomic mass is 28.3. The van der Waals surface area contributed by atoms with Gasteiger partial charge in [0.1, 0.15) is 5.82 Å². The molecule has 0 radical (unpaired) electrons. The summed E-state index contributed by atoms with van der Waals surface area (Å²) in [7, 11) is -1.44. The topological polar surface area (TPSA) is 23.7 Å². The summed E-state index contributed by atoms with van der Waals surface area (Å²) >= 11 is 0. The highest BCUT2D eigenvalue weighted by molar-refractivity contribution is 6.88. The molecule has 7 rings (SSSR count). The largest absolute Gasteiger partial charge is 0.311 e. The summed E-state index contributed by atoms with van der Waals surface area (Å²) in [5, 5.41) is 1.41. The van der Waals surface area contributed by atoms with E-state index < -0.39 is 8.07 Å². The first-order chi connectivity index (χ1) is 28.6. The van der Waals surface area contributed by atoms with E-state index in [1.165, 1.54) is 27.4 Å². The van der Waals surface area contributed by atoms with Gasteiger partial charge in [-0.05, 0) is 117 Å². The molecule has 0 amide bonds. The fourth-order valence-corrected chi connectivity index (χ4v) is 8.45. The Bertz CT molecular complexity index is 2520. The van der Waals surface area contributed by atoms with Crippen molar-refractivity contribution in [1.82, 2.24) is 4.98 Å². The Kier molecular flexibility index (Phi) is 11.8. The minimum atomic E-state index is -1.44. The third kappa shape index (κ3) is 9.68. The van der Waals surface area contributed by atoms with Crippen molar-refractivity contribution in [1.29, 1.82) is 0 Å². The number of nitrogens with zero attached hydrogens (tertiary/aromatic N) is 4. The number of benzene rings is 6. The van der Waals surface area contributed by atoms with Crippen LogP contribution < -0.4 is 15.0 Å². The maximum atomic E-state index is 7.41.